The average molecular weight is 296 g/mol. The third-order valence-electron chi connectivity index (χ3n) is 2.49. The summed E-state index contributed by atoms with van der Waals surface area (Å²) in [6.07, 6.45) is 0. The van der Waals surface area contributed by atoms with Gasteiger partial charge in [-0.1, -0.05) is 6.07 Å². The maximum absolute atomic E-state index is 12.9. The first-order valence-corrected chi connectivity index (χ1v) is 6.76. The fourth-order valence-electron chi connectivity index (χ4n) is 1.65. The van der Waals surface area contributed by atoms with Crippen LogP contribution in [0.15, 0.2) is 24.3 Å². The predicted molar refractivity (Wildman–Crippen MR) is 70.6 cm³/mol. The molecule has 18 heavy (non-hydrogen) atoms. The lowest BCUT2D eigenvalue weighted by Crippen LogP contribution is -2.48. The second-order valence-electron chi connectivity index (χ2n) is 3.77. The summed E-state index contributed by atoms with van der Waals surface area (Å²) in [7, 11) is -3.58. The topological polar surface area (TPSA) is 61.4 Å². The highest BCUT2D eigenvalue weighted by molar-refractivity contribution is 7.90. The van der Waals surface area contributed by atoms with Crippen LogP contribution in [0.2, 0.25) is 0 Å². The third kappa shape index (κ3) is 3.81. The minimum atomic E-state index is -3.58. The molecule has 0 aliphatic carbocycles. The minimum Gasteiger partial charge on any atom is -0.314 e. The largest absolute Gasteiger partial charge is 0.314 e. The molecule has 0 unspecified atom stereocenters. The Bertz CT molecular complexity index is 492. The summed E-state index contributed by atoms with van der Waals surface area (Å²) >= 11 is 0. The summed E-state index contributed by atoms with van der Waals surface area (Å²) in [6.45, 7) is 2.10. The molecular formula is C10H15ClFN3O2S. The molecule has 1 aromatic rings. The normalized spacial score (nSPS) is 16.9. The molecule has 0 aromatic heterocycles. The van der Waals surface area contributed by atoms with E-state index in [1.54, 1.807) is 0 Å². The number of nitrogens with zero attached hydrogens (tertiary/aromatic N) is 1. The van der Waals surface area contributed by atoms with Crippen LogP contribution >= 0.6 is 12.4 Å². The number of benzene rings is 1. The summed E-state index contributed by atoms with van der Waals surface area (Å²) in [4.78, 5) is 0. The molecule has 1 heterocycles. The quantitative estimate of drug-likeness (QED) is 0.867. The van der Waals surface area contributed by atoms with E-state index in [1.807, 2.05) is 0 Å². The fraction of sp³-hybridized carbons (Fsp3) is 0.400. The molecule has 0 amide bonds. The molecule has 0 saturated carbocycles. The molecule has 0 spiro atoms. The van der Waals surface area contributed by atoms with Crippen molar-refractivity contribution in [3.05, 3.63) is 30.1 Å². The van der Waals surface area contributed by atoms with Gasteiger partial charge in [-0.25, -0.2) is 4.39 Å². The standard InChI is InChI=1S/C10H14FN3O2S.ClH/c11-9-2-1-3-10(8-9)13-17(15,16)14-6-4-12-5-7-14;/h1-3,8,12-13H,4-7H2;1H. The van der Waals surface area contributed by atoms with Gasteiger partial charge in [0.25, 0.3) is 0 Å². The molecule has 5 nitrogen and oxygen atoms in total. The van der Waals surface area contributed by atoms with Crippen LogP contribution in [-0.4, -0.2) is 38.9 Å². The van der Waals surface area contributed by atoms with E-state index < -0.39 is 16.0 Å². The van der Waals surface area contributed by atoms with E-state index in [0.717, 1.165) is 6.07 Å². The van der Waals surface area contributed by atoms with Crippen molar-refractivity contribution in [3.8, 4) is 0 Å². The van der Waals surface area contributed by atoms with Crippen LogP contribution in [0.5, 0.6) is 0 Å². The Morgan fingerprint density at radius 2 is 1.94 bits per heavy atom. The van der Waals surface area contributed by atoms with Crippen LogP contribution in [-0.2, 0) is 10.2 Å². The third-order valence-corrected chi connectivity index (χ3v) is 4.03. The summed E-state index contributed by atoms with van der Waals surface area (Å²) < 4.78 is 40.5. The first-order chi connectivity index (χ1) is 8.08. The van der Waals surface area contributed by atoms with Crippen molar-refractivity contribution in [2.24, 2.45) is 0 Å². The molecule has 2 N–H and O–H groups in total. The van der Waals surface area contributed by atoms with Gasteiger partial charge in [-0.2, -0.15) is 12.7 Å². The van der Waals surface area contributed by atoms with Crippen molar-refractivity contribution >= 4 is 28.3 Å². The van der Waals surface area contributed by atoms with E-state index in [0.29, 0.717) is 26.2 Å². The maximum atomic E-state index is 12.9. The van der Waals surface area contributed by atoms with Crippen LogP contribution in [0.25, 0.3) is 0 Å². The Hall–Kier alpha value is -0.890. The van der Waals surface area contributed by atoms with Gasteiger partial charge in [-0.05, 0) is 18.2 Å². The summed E-state index contributed by atoms with van der Waals surface area (Å²) in [5.74, 6) is -0.467. The Kier molecular flexibility index (Phi) is 5.33. The van der Waals surface area contributed by atoms with E-state index in [1.165, 1.54) is 22.5 Å². The second-order valence-corrected chi connectivity index (χ2v) is 5.44. The van der Waals surface area contributed by atoms with E-state index in [9.17, 15) is 12.8 Å². The number of anilines is 1. The lowest BCUT2D eigenvalue weighted by molar-refractivity contribution is 0.362. The van der Waals surface area contributed by atoms with Crippen LogP contribution in [0.3, 0.4) is 0 Å². The Morgan fingerprint density at radius 1 is 1.28 bits per heavy atom. The highest BCUT2D eigenvalue weighted by Crippen LogP contribution is 2.13. The van der Waals surface area contributed by atoms with Gasteiger partial charge < -0.3 is 5.32 Å². The van der Waals surface area contributed by atoms with E-state index in [-0.39, 0.29) is 18.1 Å². The van der Waals surface area contributed by atoms with Crippen LogP contribution in [0.1, 0.15) is 0 Å². The van der Waals surface area contributed by atoms with Crippen molar-refractivity contribution in [1.82, 2.24) is 9.62 Å². The molecule has 0 atom stereocenters. The molecular weight excluding hydrogens is 281 g/mol. The van der Waals surface area contributed by atoms with Gasteiger partial charge in [0.2, 0.25) is 0 Å². The number of halogens is 2. The molecule has 2 rings (SSSR count). The van der Waals surface area contributed by atoms with Gasteiger partial charge in [0.05, 0.1) is 5.69 Å². The molecule has 102 valence electrons. The lowest BCUT2D eigenvalue weighted by Gasteiger charge is -2.26. The van der Waals surface area contributed by atoms with Crippen molar-refractivity contribution in [2.75, 3.05) is 30.9 Å². The SMILES string of the molecule is Cl.O=S(=O)(Nc1cccc(F)c1)N1CCNCC1. The number of nitrogens with one attached hydrogen (secondary N) is 2. The number of hydrogen-bond donors (Lipinski definition) is 2. The summed E-state index contributed by atoms with van der Waals surface area (Å²) in [5, 5.41) is 3.07. The molecule has 1 aliphatic rings. The van der Waals surface area contributed by atoms with Crippen molar-refractivity contribution in [3.63, 3.8) is 0 Å². The summed E-state index contributed by atoms with van der Waals surface area (Å²) in [5.41, 5.74) is 0.239. The van der Waals surface area contributed by atoms with Crippen molar-refractivity contribution in [2.45, 2.75) is 0 Å². The summed E-state index contributed by atoms with van der Waals surface area (Å²) in [6, 6.07) is 5.40. The van der Waals surface area contributed by atoms with Crippen LogP contribution in [0, 0.1) is 5.82 Å². The highest BCUT2D eigenvalue weighted by Gasteiger charge is 2.23. The van der Waals surface area contributed by atoms with Gasteiger partial charge in [0, 0.05) is 26.2 Å². The van der Waals surface area contributed by atoms with E-state index in [2.05, 4.69) is 10.0 Å². The van der Waals surface area contributed by atoms with E-state index in [4.69, 9.17) is 0 Å². The lowest BCUT2D eigenvalue weighted by atomic mass is 10.3. The van der Waals surface area contributed by atoms with Crippen LogP contribution in [0.4, 0.5) is 10.1 Å². The number of hydrogen-bond acceptors (Lipinski definition) is 3. The molecule has 8 heteroatoms. The first kappa shape index (κ1) is 15.2. The molecule has 1 saturated heterocycles. The monoisotopic (exact) mass is 295 g/mol. The zero-order valence-electron chi connectivity index (χ0n) is 9.60. The number of rotatable bonds is 3. The highest BCUT2D eigenvalue weighted by atomic mass is 35.5. The van der Waals surface area contributed by atoms with Crippen LogP contribution < -0.4 is 10.0 Å². The molecule has 1 aliphatic heterocycles. The predicted octanol–water partition coefficient (Wildman–Crippen LogP) is 0.809. The Morgan fingerprint density at radius 3 is 2.56 bits per heavy atom. The van der Waals surface area contributed by atoms with Crippen molar-refractivity contribution < 1.29 is 12.8 Å². The molecule has 1 aromatic carbocycles. The molecule has 0 bridgehead atoms. The number of piperazine rings is 1. The van der Waals surface area contributed by atoms with Gasteiger partial charge in [0.15, 0.2) is 0 Å². The maximum Gasteiger partial charge on any atom is 0.301 e. The van der Waals surface area contributed by atoms with Gasteiger partial charge in [-0.15, -0.1) is 12.4 Å². The fourth-order valence-corrected chi connectivity index (χ4v) is 2.87. The van der Waals surface area contributed by atoms with Gasteiger partial charge >= 0.3 is 10.2 Å². The minimum absolute atomic E-state index is 0. The smallest absolute Gasteiger partial charge is 0.301 e. The first-order valence-electron chi connectivity index (χ1n) is 5.32. The van der Waals surface area contributed by atoms with Gasteiger partial charge in [-0.3, -0.25) is 4.72 Å². The molecule has 0 radical (unpaired) electrons. The molecule has 1 fully saturated rings. The van der Waals surface area contributed by atoms with E-state index >= 15 is 0 Å². The Balaban J connectivity index is 0.00000162. The second kappa shape index (κ2) is 6.33. The Labute approximate surface area is 112 Å². The average Bonchev–Trinajstić information content (AvgIpc) is 2.29. The zero-order valence-corrected chi connectivity index (χ0v) is 11.2. The van der Waals surface area contributed by atoms with Crippen molar-refractivity contribution in [1.29, 1.82) is 0 Å². The zero-order chi connectivity index (χ0) is 12.3. The van der Waals surface area contributed by atoms with Gasteiger partial charge in [0.1, 0.15) is 5.82 Å².